The maximum absolute atomic E-state index is 11.9. The Morgan fingerprint density at radius 1 is 1.04 bits per heavy atom. The van der Waals surface area contributed by atoms with Gasteiger partial charge in [0.05, 0.1) is 12.2 Å². The van der Waals surface area contributed by atoms with E-state index in [0.29, 0.717) is 23.6 Å². The number of carbonyl (C=O) groups is 2. The summed E-state index contributed by atoms with van der Waals surface area (Å²) < 4.78 is 10.5. The van der Waals surface area contributed by atoms with Crippen LogP contribution >= 0.6 is 12.2 Å². The third-order valence-corrected chi connectivity index (χ3v) is 3.66. The molecule has 142 valence electrons. The lowest BCUT2D eigenvalue weighted by atomic mass is 10.2. The number of esters is 1. The summed E-state index contributed by atoms with van der Waals surface area (Å²) in [5, 5.41) is 5.57. The van der Waals surface area contributed by atoms with Crippen LogP contribution in [0.25, 0.3) is 0 Å². The van der Waals surface area contributed by atoms with Crippen LogP contribution in [-0.4, -0.2) is 30.2 Å². The van der Waals surface area contributed by atoms with Gasteiger partial charge in [-0.25, -0.2) is 4.79 Å². The average molecular weight is 386 g/mol. The average Bonchev–Trinajstić information content (AvgIpc) is 2.66. The highest BCUT2D eigenvalue weighted by Crippen LogP contribution is 2.12. The molecule has 0 atom stereocenters. The summed E-state index contributed by atoms with van der Waals surface area (Å²) in [6, 6.07) is 14.0. The van der Waals surface area contributed by atoms with Gasteiger partial charge in [0.15, 0.2) is 11.7 Å². The van der Waals surface area contributed by atoms with E-state index in [0.717, 1.165) is 12.0 Å². The Morgan fingerprint density at radius 3 is 2.33 bits per heavy atom. The summed E-state index contributed by atoms with van der Waals surface area (Å²) in [6.45, 7) is 4.15. The minimum absolute atomic E-state index is 0.146. The second-order valence-electron chi connectivity index (χ2n) is 5.82. The number of thiocarbonyl (C=S) groups is 1. The van der Waals surface area contributed by atoms with Gasteiger partial charge in [-0.3, -0.25) is 10.1 Å². The number of benzene rings is 2. The Labute approximate surface area is 163 Å². The van der Waals surface area contributed by atoms with Crippen molar-refractivity contribution in [1.82, 2.24) is 5.32 Å². The topological polar surface area (TPSA) is 76.7 Å². The molecule has 0 saturated heterocycles. The standard InChI is InChI=1S/C20H22N2O4S/c1-3-12-25-19(24)15-6-8-16(9-7-15)21-20(27)22-18(23)13-26-17-10-4-14(2)5-11-17/h4-11H,3,12-13H2,1-2H3,(H2,21,22,23,27). The van der Waals surface area contributed by atoms with Crippen molar-refractivity contribution in [3.8, 4) is 5.75 Å². The Kier molecular flexibility index (Phi) is 7.76. The van der Waals surface area contributed by atoms with Crippen LogP contribution in [0.5, 0.6) is 5.75 Å². The number of ether oxygens (including phenoxy) is 2. The van der Waals surface area contributed by atoms with Crippen molar-refractivity contribution in [2.45, 2.75) is 20.3 Å². The van der Waals surface area contributed by atoms with Crippen molar-refractivity contribution >= 4 is 34.9 Å². The molecule has 7 heteroatoms. The molecule has 0 heterocycles. The smallest absolute Gasteiger partial charge is 0.338 e. The summed E-state index contributed by atoms with van der Waals surface area (Å²) in [4.78, 5) is 23.7. The molecule has 2 aromatic carbocycles. The first-order chi connectivity index (χ1) is 13.0. The quantitative estimate of drug-likeness (QED) is 0.561. The number of carbonyl (C=O) groups excluding carboxylic acids is 2. The SMILES string of the molecule is CCCOC(=O)c1ccc(NC(=S)NC(=O)COc2ccc(C)cc2)cc1. The number of hydrogen-bond acceptors (Lipinski definition) is 5. The predicted octanol–water partition coefficient (Wildman–Crippen LogP) is 3.45. The van der Waals surface area contributed by atoms with E-state index >= 15 is 0 Å². The minimum atomic E-state index is -0.368. The molecule has 0 unspecified atom stereocenters. The zero-order valence-corrected chi connectivity index (χ0v) is 16.1. The molecular weight excluding hydrogens is 364 g/mol. The summed E-state index contributed by atoms with van der Waals surface area (Å²) in [6.07, 6.45) is 0.771. The monoisotopic (exact) mass is 386 g/mol. The van der Waals surface area contributed by atoms with Gasteiger partial charge in [-0.05, 0) is 62.0 Å². The molecule has 2 rings (SSSR count). The highest BCUT2D eigenvalue weighted by atomic mass is 32.1. The second-order valence-corrected chi connectivity index (χ2v) is 6.23. The van der Waals surface area contributed by atoms with Crippen LogP contribution in [0.3, 0.4) is 0 Å². The van der Waals surface area contributed by atoms with Crippen molar-refractivity contribution in [2.75, 3.05) is 18.5 Å². The summed E-state index contributed by atoms with van der Waals surface area (Å²) >= 11 is 5.11. The fourth-order valence-corrected chi connectivity index (χ4v) is 2.31. The zero-order valence-electron chi connectivity index (χ0n) is 15.3. The molecule has 6 nitrogen and oxygen atoms in total. The Balaban J connectivity index is 1.78. The third kappa shape index (κ3) is 7.07. The van der Waals surface area contributed by atoms with Gasteiger partial charge < -0.3 is 14.8 Å². The van der Waals surface area contributed by atoms with E-state index in [9.17, 15) is 9.59 Å². The molecule has 27 heavy (non-hydrogen) atoms. The van der Waals surface area contributed by atoms with Crippen LogP contribution in [0, 0.1) is 6.92 Å². The molecular formula is C20H22N2O4S. The molecule has 0 saturated carbocycles. The second kappa shape index (κ2) is 10.3. The van der Waals surface area contributed by atoms with Crippen molar-refractivity contribution in [3.05, 3.63) is 59.7 Å². The number of anilines is 1. The summed E-state index contributed by atoms with van der Waals surface area (Å²) in [5.74, 6) is -0.124. The lowest BCUT2D eigenvalue weighted by Gasteiger charge is -2.11. The van der Waals surface area contributed by atoms with Crippen molar-refractivity contribution < 1.29 is 19.1 Å². The van der Waals surface area contributed by atoms with Crippen LogP contribution in [-0.2, 0) is 9.53 Å². The Morgan fingerprint density at radius 2 is 1.70 bits per heavy atom. The van der Waals surface area contributed by atoms with Crippen molar-refractivity contribution in [3.63, 3.8) is 0 Å². The normalized spacial score (nSPS) is 10.0. The third-order valence-electron chi connectivity index (χ3n) is 3.46. The van der Waals surface area contributed by atoms with E-state index in [1.54, 1.807) is 36.4 Å². The highest BCUT2D eigenvalue weighted by molar-refractivity contribution is 7.80. The molecule has 0 aliphatic rings. The van der Waals surface area contributed by atoms with Gasteiger partial charge in [0.1, 0.15) is 5.75 Å². The summed E-state index contributed by atoms with van der Waals surface area (Å²) in [5.41, 5.74) is 2.21. The van der Waals surface area contributed by atoms with E-state index in [2.05, 4.69) is 10.6 Å². The molecule has 0 fully saturated rings. The number of amides is 1. The first-order valence-corrected chi connectivity index (χ1v) is 8.96. The lowest BCUT2D eigenvalue weighted by Crippen LogP contribution is -2.37. The predicted molar refractivity (Wildman–Crippen MR) is 108 cm³/mol. The van der Waals surface area contributed by atoms with E-state index in [4.69, 9.17) is 21.7 Å². The maximum atomic E-state index is 11.9. The van der Waals surface area contributed by atoms with Gasteiger partial charge >= 0.3 is 5.97 Å². The zero-order chi connectivity index (χ0) is 19.6. The maximum Gasteiger partial charge on any atom is 0.338 e. The highest BCUT2D eigenvalue weighted by Gasteiger charge is 2.08. The first-order valence-electron chi connectivity index (χ1n) is 8.55. The van der Waals surface area contributed by atoms with E-state index in [1.807, 2.05) is 26.0 Å². The molecule has 0 radical (unpaired) electrons. The van der Waals surface area contributed by atoms with Gasteiger partial charge in [-0.15, -0.1) is 0 Å². The fourth-order valence-electron chi connectivity index (χ4n) is 2.08. The van der Waals surface area contributed by atoms with E-state index in [-0.39, 0.29) is 23.6 Å². The van der Waals surface area contributed by atoms with Crippen LogP contribution in [0.2, 0.25) is 0 Å². The van der Waals surface area contributed by atoms with Gasteiger partial charge in [0.2, 0.25) is 0 Å². The number of rotatable bonds is 7. The molecule has 0 aliphatic carbocycles. The van der Waals surface area contributed by atoms with Crippen LogP contribution in [0.15, 0.2) is 48.5 Å². The number of nitrogens with one attached hydrogen (secondary N) is 2. The van der Waals surface area contributed by atoms with Crippen LogP contribution in [0.4, 0.5) is 5.69 Å². The molecule has 0 spiro atoms. The molecule has 2 N–H and O–H groups in total. The summed E-state index contributed by atoms with van der Waals surface area (Å²) in [7, 11) is 0. The van der Waals surface area contributed by atoms with Crippen LogP contribution < -0.4 is 15.4 Å². The first kappa shape index (κ1) is 20.4. The fraction of sp³-hybridized carbons (Fsp3) is 0.250. The molecule has 0 aromatic heterocycles. The Hall–Kier alpha value is -2.93. The van der Waals surface area contributed by atoms with Gasteiger partial charge in [0.25, 0.3) is 5.91 Å². The van der Waals surface area contributed by atoms with Gasteiger partial charge in [-0.1, -0.05) is 24.6 Å². The number of aryl methyl sites for hydroxylation is 1. The van der Waals surface area contributed by atoms with Gasteiger partial charge in [-0.2, -0.15) is 0 Å². The van der Waals surface area contributed by atoms with E-state index in [1.165, 1.54) is 0 Å². The lowest BCUT2D eigenvalue weighted by molar-refractivity contribution is -0.121. The molecule has 0 aliphatic heterocycles. The largest absolute Gasteiger partial charge is 0.484 e. The van der Waals surface area contributed by atoms with Crippen molar-refractivity contribution in [1.29, 1.82) is 0 Å². The minimum Gasteiger partial charge on any atom is -0.484 e. The van der Waals surface area contributed by atoms with E-state index < -0.39 is 0 Å². The van der Waals surface area contributed by atoms with Crippen molar-refractivity contribution in [2.24, 2.45) is 0 Å². The molecule has 1 amide bonds. The van der Waals surface area contributed by atoms with Crippen LogP contribution in [0.1, 0.15) is 29.3 Å². The Bertz CT molecular complexity index is 789. The van der Waals surface area contributed by atoms with Gasteiger partial charge in [0, 0.05) is 5.69 Å². The number of hydrogen-bond donors (Lipinski definition) is 2. The molecule has 0 bridgehead atoms. The molecule has 2 aromatic rings.